The largest absolute Gasteiger partial charge is 0.492 e. The molecule has 0 amide bonds. The second-order valence-electron chi connectivity index (χ2n) is 7.38. The Morgan fingerprint density at radius 1 is 1.38 bits per heavy atom. The van der Waals surface area contributed by atoms with Crippen molar-refractivity contribution in [3.63, 3.8) is 0 Å². The Morgan fingerprint density at radius 2 is 2.12 bits per heavy atom. The van der Waals surface area contributed by atoms with Gasteiger partial charge in [-0.1, -0.05) is 5.57 Å². The first kappa shape index (κ1) is 16.8. The highest BCUT2D eigenvalue weighted by Crippen LogP contribution is 2.51. The second kappa shape index (κ2) is 6.13. The summed E-state index contributed by atoms with van der Waals surface area (Å²) in [6.07, 6.45) is 3.12. The lowest BCUT2D eigenvalue weighted by atomic mass is 9.86. The number of hydrogen-bond donors (Lipinski definition) is 0. The Labute approximate surface area is 143 Å². The number of nitrogens with zero attached hydrogens (tertiary/aromatic N) is 1. The molecule has 130 valence electrons. The molecule has 2 heterocycles. The molecular formula is C19H26NO4+. The lowest BCUT2D eigenvalue weighted by Crippen LogP contribution is -2.48. The molecule has 0 N–H and O–H groups in total. The molecule has 1 aromatic rings. The van der Waals surface area contributed by atoms with Crippen LogP contribution in [-0.4, -0.2) is 44.8 Å². The summed E-state index contributed by atoms with van der Waals surface area (Å²) in [5, 5.41) is 0. The van der Waals surface area contributed by atoms with E-state index in [1.54, 1.807) is 13.2 Å². The van der Waals surface area contributed by atoms with Gasteiger partial charge in [-0.2, -0.15) is 0 Å². The highest BCUT2D eigenvalue weighted by atomic mass is 16.7. The molecule has 0 saturated carbocycles. The Morgan fingerprint density at radius 3 is 2.79 bits per heavy atom. The molecule has 2 aliphatic rings. The maximum absolute atomic E-state index is 12.5. The molecule has 0 saturated heterocycles. The Hall–Kier alpha value is -2.01. The van der Waals surface area contributed by atoms with Gasteiger partial charge in [0, 0.05) is 6.42 Å². The molecule has 1 aromatic carbocycles. The fraction of sp³-hybridized carbons (Fsp3) is 0.526. The van der Waals surface area contributed by atoms with Gasteiger partial charge in [0.2, 0.25) is 12.5 Å². The standard InChI is InChI=1S/C19H26NO4/c1-12(2)8-14(21)10-15-17-13(6-7-20(15,3)4)9-16-18(19(17)22-5)24-11-23-16/h8-9,15H,6-7,10-11H2,1-5H3/q+1/t15-/m0/s1. The van der Waals surface area contributed by atoms with Crippen molar-refractivity contribution in [2.75, 3.05) is 34.5 Å². The first-order valence-electron chi connectivity index (χ1n) is 8.33. The van der Waals surface area contributed by atoms with Gasteiger partial charge >= 0.3 is 0 Å². The first-order chi connectivity index (χ1) is 11.3. The monoisotopic (exact) mass is 332 g/mol. The normalized spacial score (nSPS) is 20.3. The van der Waals surface area contributed by atoms with Crippen molar-refractivity contribution in [1.82, 2.24) is 0 Å². The van der Waals surface area contributed by atoms with E-state index < -0.39 is 0 Å². The minimum atomic E-state index is 0.0429. The number of fused-ring (bicyclic) bond motifs is 2. The highest BCUT2D eigenvalue weighted by Gasteiger charge is 2.41. The number of carbonyl (C=O) groups excluding carboxylic acids is 1. The predicted octanol–water partition coefficient (Wildman–Crippen LogP) is 3.02. The van der Waals surface area contributed by atoms with Crippen LogP contribution in [0.1, 0.15) is 37.4 Å². The van der Waals surface area contributed by atoms with Crippen molar-refractivity contribution < 1.29 is 23.5 Å². The number of carbonyl (C=O) groups is 1. The van der Waals surface area contributed by atoms with Gasteiger partial charge in [-0.3, -0.25) is 4.79 Å². The molecule has 0 spiro atoms. The fourth-order valence-electron chi connectivity index (χ4n) is 3.69. The zero-order valence-corrected chi connectivity index (χ0v) is 15.1. The third kappa shape index (κ3) is 2.88. The number of ether oxygens (including phenoxy) is 3. The van der Waals surface area contributed by atoms with Gasteiger partial charge < -0.3 is 18.7 Å². The van der Waals surface area contributed by atoms with E-state index in [1.165, 1.54) is 5.56 Å². The van der Waals surface area contributed by atoms with Crippen LogP contribution >= 0.6 is 0 Å². The van der Waals surface area contributed by atoms with Crippen molar-refractivity contribution in [3.05, 3.63) is 28.8 Å². The second-order valence-corrected chi connectivity index (χ2v) is 7.38. The molecule has 0 aromatic heterocycles. The van der Waals surface area contributed by atoms with Crippen molar-refractivity contribution >= 4 is 5.78 Å². The van der Waals surface area contributed by atoms with Gasteiger partial charge in [-0.15, -0.1) is 0 Å². The average molecular weight is 332 g/mol. The molecule has 0 unspecified atom stereocenters. The fourth-order valence-corrected chi connectivity index (χ4v) is 3.69. The molecule has 5 heteroatoms. The van der Waals surface area contributed by atoms with E-state index in [0.29, 0.717) is 12.2 Å². The molecule has 0 bridgehead atoms. The van der Waals surface area contributed by atoms with Crippen molar-refractivity contribution in [3.8, 4) is 17.2 Å². The first-order valence-corrected chi connectivity index (χ1v) is 8.33. The van der Waals surface area contributed by atoms with Crippen LogP contribution < -0.4 is 14.2 Å². The van der Waals surface area contributed by atoms with Crippen LogP contribution in [0.2, 0.25) is 0 Å². The van der Waals surface area contributed by atoms with Crippen LogP contribution in [0.15, 0.2) is 17.7 Å². The number of hydrogen-bond acceptors (Lipinski definition) is 4. The van der Waals surface area contributed by atoms with E-state index in [4.69, 9.17) is 14.2 Å². The van der Waals surface area contributed by atoms with Crippen LogP contribution in [0.3, 0.4) is 0 Å². The molecule has 24 heavy (non-hydrogen) atoms. The third-order valence-electron chi connectivity index (χ3n) is 4.93. The maximum Gasteiger partial charge on any atom is 0.231 e. The lowest BCUT2D eigenvalue weighted by Gasteiger charge is -2.43. The van der Waals surface area contributed by atoms with Crippen LogP contribution in [0, 0.1) is 0 Å². The minimum Gasteiger partial charge on any atom is -0.492 e. The number of methoxy groups -OCH3 is 1. The van der Waals surface area contributed by atoms with E-state index in [0.717, 1.165) is 40.1 Å². The van der Waals surface area contributed by atoms with Gasteiger partial charge in [0.05, 0.1) is 39.7 Å². The van der Waals surface area contributed by atoms with Crippen LogP contribution in [0.4, 0.5) is 0 Å². The van der Waals surface area contributed by atoms with E-state index in [9.17, 15) is 4.79 Å². The summed E-state index contributed by atoms with van der Waals surface area (Å²) in [5.41, 5.74) is 3.32. The third-order valence-corrected chi connectivity index (χ3v) is 4.93. The topological polar surface area (TPSA) is 44.8 Å². The SMILES string of the molecule is COc1c2c(cc3c1[C@H](CC(=O)C=C(C)C)[N+](C)(C)CC3)OCO2. The average Bonchev–Trinajstić information content (AvgIpc) is 2.95. The Kier molecular flexibility index (Phi) is 4.30. The van der Waals surface area contributed by atoms with E-state index >= 15 is 0 Å². The van der Waals surface area contributed by atoms with Gasteiger partial charge in [0.15, 0.2) is 17.3 Å². The zero-order valence-electron chi connectivity index (χ0n) is 15.1. The summed E-state index contributed by atoms with van der Waals surface area (Å²) in [6, 6.07) is 2.10. The van der Waals surface area contributed by atoms with Gasteiger partial charge in [0.1, 0.15) is 6.04 Å². The summed E-state index contributed by atoms with van der Waals surface area (Å²) in [7, 11) is 6.00. The van der Waals surface area contributed by atoms with Gasteiger partial charge in [-0.25, -0.2) is 0 Å². The highest BCUT2D eigenvalue weighted by molar-refractivity contribution is 5.90. The molecule has 1 atom stereocenters. The maximum atomic E-state index is 12.5. The zero-order chi connectivity index (χ0) is 17.5. The number of rotatable bonds is 4. The van der Waals surface area contributed by atoms with Crippen molar-refractivity contribution in [1.29, 1.82) is 0 Å². The predicted molar refractivity (Wildman–Crippen MR) is 91.6 cm³/mol. The van der Waals surface area contributed by atoms with E-state index in [1.807, 2.05) is 13.8 Å². The number of quaternary nitrogens is 1. The molecule has 5 nitrogen and oxygen atoms in total. The Balaban J connectivity index is 2.09. The summed E-state index contributed by atoms with van der Waals surface area (Å²) in [6.45, 7) is 5.09. The molecule has 0 aliphatic carbocycles. The molecule has 0 fully saturated rings. The van der Waals surface area contributed by atoms with Crippen molar-refractivity contribution in [2.45, 2.75) is 32.7 Å². The minimum absolute atomic E-state index is 0.0429. The summed E-state index contributed by atoms with van der Waals surface area (Å²) < 4.78 is 17.6. The molecule has 0 radical (unpaired) electrons. The number of benzene rings is 1. The van der Waals surface area contributed by atoms with Crippen molar-refractivity contribution in [2.24, 2.45) is 0 Å². The quantitative estimate of drug-likeness (QED) is 0.628. The number of allylic oxidation sites excluding steroid dienone is 2. The number of ketones is 1. The van der Waals surface area contributed by atoms with E-state index in [-0.39, 0.29) is 18.6 Å². The van der Waals surface area contributed by atoms with Gasteiger partial charge in [0.25, 0.3) is 0 Å². The summed E-state index contributed by atoms with van der Waals surface area (Å²) in [4.78, 5) is 12.5. The smallest absolute Gasteiger partial charge is 0.231 e. The van der Waals surface area contributed by atoms with Gasteiger partial charge in [-0.05, 0) is 31.6 Å². The summed E-state index contributed by atoms with van der Waals surface area (Å²) in [5.74, 6) is 2.28. The Bertz CT molecular complexity index is 702. The van der Waals surface area contributed by atoms with E-state index in [2.05, 4.69) is 20.2 Å². The molecule has 3 rings (SSSR count). The summed E-state index contributed by atoms with van der Waals surface area (Å²) >= 11 is 0. The molecular weight excluding hydrogens is 306 g/mol. The van der Waals surface area contributed by atoms with Crippen LogP contribution in [0.25, 0.3) is 0 Å². The lowest BCUT2D eigenvalue weighted by molar-refractivity contribution is -0.922. The van der Waals surface area contributed by atoms with Crippen LogP contribution in [-0.2, 0) is 11.2 Å². The number of likely N-dealkylation sites (N-methyl/N-ethyl adjacent to an activating group) is 1. The van der Waals surface area contributed by atoms with Crippen LogP contribution in [0.5, 0.6) is 17.2 Å². The molecule has 2 aliphatic heterocycles.